The van der Waals surface area contributed by atoms with E-state index in [1.54, 1.807) is 13.2 Å². The molecule has 1 fully saturated rings. The van der Waals surface area contributed by atoms with E-state index in [1.807, 2.05) is 28.9 Å². The van der Waals surface area contributed by atoms with Gasteiger partial charge in [-0.25, -0.2) is 9.67 Å². The van der Waals surface area contributed by atoms with E-state index >= 15 is 0 Å². The average molecular weight is 306 g/mol. The fourth-order valence-electron chi connectivity index (χ4n) is 2.85. The van der Waals surface area contributed by atoms with Gasteiger partial charge in [0.1, 0.15) is 0 Å². The van der Waals surface area contributed by atoms with Gasteiger partial charge in [0.15, 0.2) is 5.65 Å². The number of hydrogen-bond acceptors (Lipinski definition) is 3. The Morgan fingerprint density at radius 2 is 2.09 bits per heavy atom. The number of fused-ring (bicyclic) bond motifs is 1. The molecule has 4 rings (SSSR count). The molecule has 5 heteroatoms. The number of pyridine rings is 1. The Morgan fingerprint density at radius 1 is 1.30 bits per heavy atom. The molecule has 0 saturated heterocycles. The normalized spacial score (nSPS) is 14.1. The van der Waals surface area contributed by atoms with Crippen molar-refractivity contribution in [3.05, 3.63) is 59.4 Å². The Labute approximate surface area is 134 Å². The molecule has 0 spiro atoms. The van der Waals surface area contributed by atoms with Gasteiger partial charge < -0.3 is 5.32 Å². The summed E-state index contributed by atoms with van der Waals surface area (Å²) in [5.74, 6) is 0.404. The standard InChI is InChI=1S/C18H18N4O/c1-19-18(23)14-9-16(13-7-8-13)21-17-15(14)10-20-22(17)11-12-5-3-2-4-6-12/h2-6,9-10,13H,7-8,11H2,1H3,(H,19,23). The molecule has 1 aromatic carbocycles. The van der Waals surface area contributed by atoms with E-state index in [9.17, 15) is 4.79 Å². The van der Waals surface area contributed by atoms with Crippen LogP contribution in [0.15, 0.2) is 42.6 Å². The molecule has 0 unspecified atom stereocenters. The molecule has 1 aliphatic carbocycles. The molecule has 0 aliphatic heterocycles. The highest BCUT2D eigenvalue weighted by molar-refractivity contribution is 6.05. The predicted octanol–water partition coefficient (Wildman–Crippen LogP) is 2.72. The Hall–Kier alpha value is -2.69. The van der Waals surface area contributed by atoms with Crippen LogP contribution in [-0.4, -0.2) is 27.7 Å². The Kier molecular flexibility index (Phi) is 3.33. The molecule has 1 amide bonds. The van der Waals surface area contributed by atoms with Crippen LogP contribution >= 0.6 is 0 Å². The molecule has 116 valence electrons. The van der Waals surface area contributed by atoms with E-state index in [-0.39, 0.29) is 5.91 Å². The zero-order valence-corrected chi connectivity index (χ0v) is 13.0. The number of nitrogens with zero attached hydrogens (tertiary/aromatic N) is 3. The number of benzene rings is 1. The van der Waals surface area contributed by atoms with Gasteiger partial charge in [-0.3, -0.25) is 4.79 Å². The highest BCUT2D eigenvalue weighted by Gasteiger charge is 2.27. The Morgan fingerprint density at radius 3 is 2.78 bits per heavy atom. The van der Waals surface area contributed by atoms with Crippen LogP contribution in [0.4, 0.5) is 0 Å². The smallest absolute Gasteiger partial charge is 0.251 e. The lowest BCUT2D eigenvalue weighted by Gasteiger charge is -2.08. The number of carbonyl (C=O) groups is 1. The molecule has 0 radical (unpaired) electrons. The molecular weight excluding hydrogens is 288 g/mol. The predicted molar refractivity (Wildman–Crippen MR) is 88.4 cm³/mol. The first kappa shape index (κ1) is 13.9. The van der Waals surface area contributed by atoms with Crippen molar-refractivity contribution < 1.29 is 4.79 Å². The number of hydrogen-bond donors (Lipinski definition) is 1. The summed E-state index contributed by atoms with van der Waals surface area (Å²) < 4.78 is 1.88. The summed E-state index contributed by atoms with van der Waals surface area (Å²) in [7, 11) is 1.65. The minimum atomic E-state index is -0.0847. The zero-order valence-electron chi connectivity index (χ0n) is 13.0. The highest BCUT2D eigenvalue weighted by atomic mass is 16.1. The van der Waals surface area contributed by atoms with Gasteiger partial charge in [0.05, 0.1) is 23.7 Å². The quantitative estimate of drug-likeness (QED) is 0.806. The molecule has 0 atom stereocenters. The van der Waals surface area contributed by atoms with E-state index in [4.69, 9.17) is 4.98 Å². The number of carbonyl (C=O) groups excluding carboxylic acids is 1. The molecule has 1 N–H and O–H groups in total. The molecule has 3 aromatic rings. The highest BCUT2D eigenvalue weighted by Crippen LogP contribution is 2.40. The minimum Gasteiger partial charge on any atom is -0.355 e. The fourth-order valence-corrected chi connectivity index (χ4v) is 2.85. The van der Waals surface area contributed by atoms with Gasteiger partial charge in [0.2, 0.25) is 0 Å². The first-order chi connectivity index (χ1) is 11.3. The molecule has 1 saturated carbocycles. The van der Waals surface area contributed by atoms with Crippen LogP contribution in [0.3, 0.4) is 0 Å². The molecule has 5 nitrogen and oxygen atoms in total. The maximum atomic E-state index is 12.2. The first-order valence-electron chi connectivity index (χ1n) is 7.88. The van der Waals surface area contributed by atoms with Crippen molar-refractivity contribution in [1.29, 1.82) is 0 Å². The zero-order chi connectivity index (χ0) is 15.8. The van der Waals surface area contributed by atoms with Crippen molar-refractivity contribution in [2.45, 2.75) is 25.3 Å². The summed E-state index contributed by atoms with van der Waals surface area (Å²) in [5.41, 5.74) is 3.62. The lowest BCUT2D eigenvalue weighted by atomic mass is 10.1. The van der Waals surface area contributed by atoms with Crippen LogP contribution in [0, 0.1) is 0 Å². The van der Waals surface area contributed by atoms with Gasteiger partial charge in [-0.05, 0) is 24.5 Å². The Balaban J connectivity index is 1.83. The van der Waals surface area contributed by atoms with Crippen LogP contribution in [0.1, 0.15) is 40.4 Å². The second-order valence-electron chi connectivity index (χ2n) is 5.97. The number of rotatable bonds is 4. The van der Waals surface area contributed by atoms with E-state index in [2.05, 4.69) is 22.5 Å². The molecule has 0 bridgehead atoms. The van der Waals surface area contributed by atoms with Crippen LogP contribution in [0.5, 0.6) is 0 Å². The molecule has 1 aliphatic rings. The summed E-state index contributed by atoms with van der Waals surface area (Å²) in [6.07, 6.45) is 4.05. The second kappa shape index (κ2) is 5.50. The average Bonchev–Trinajstić information content (AvgIpc) is 3.37. The largest absolute Gasteiger partial charge is 0.355 e. The number of aromatic nitrogens is 3. The van der Waals surface area contributed by atoms with Crippen molar-refractivity contribution in [1.82, 2.24) is 20.1 Å². The van der Waals surface area contributed by atoms with Crippen molar-refractivity contribution in [2.75, 3.05) is 7.05 Å². The molecule has 2 aromatic heterocycles. The fraction of sp³-hybridized carbons (Fsp3) is 0.278. The SMILES string of the molecule is CNC(=O)c1cc(C2CC2)nc2c1cnn2Cc1ccccc1. The van der Waals surface area contributed by atoms with Gasteiger partial charge in [0, 0.05) is 18.7 Å². The van der Waals surface area contributed by atoms with Gasteiger partial charge in [-0.15, -0.1) is 0 Å². The van der Waals surface area contributed by atoms with Crippen LogP contribution < -0.4 is 5.32 Å². The van der Waals surface area contributed by atoms with Gasteiger partial charge >= 0.3 is 0 Å². The third-order valence-electron chi connectivity index (χ3n) is 4.27. The Bertz CT molecular complexity index is 865. The topological polar surface area (TPSA) is 59.8 Å². The first-order valence-corrected chi connectivity index (χ1v) is 7.88. The van der Waals surface area contributed by atoms with E-state index in [1.165, 1.54) is 0 Å². The van der Waals surface area contributed by atoms with Crippen molar-refractivity contribution >= 4 is 16.9 Å². The van der Waals surface area contributed by atoms with E-state index in [0.29, 0.717) is 18.0 Å². The van der Waals surface area contributed by atoms with Gasteiger partial charge in [0.25, 0.3) is 5.91 Å². The molecule has 23 heavy (non-hydrogen) atoms. The van der Waals surface area contributed by atoms with Crippen molar-refractivity contribution in [3.8, 4) is 0 Å². The summed E-state index contributed by atoms with van der Waals surface area (Å²) in [5, 5.41) is 7.99. The van der Waals surface area contributed by atoms with Crippen molar-refractivity contribution in [2.24, 2.45) is 0 Å². The van der Waals surface area contributed by atoms with Gasteiger partial charge in [-0.2, -0.15) is 5.10 Å². The summed E-state index contributed by atoms with van der Waals surface area (Å²) in [6, 6.07) is 12.1. The minimum absolute atomic E-state index is 0.0847. The lowest BCUT2D eigenvalue weighted by Crippen LogP contribution is -2.18. The van der Waals surface area contributed by atoms with Crippen LogP contribution in [0.2, 0.25) is 0 Å². The van der Waals surface area contributed by atoms with Crippen LogP contribution in [0.25, 0.3) is 11.0 Å². The number of amides is 1. The molecular formula is C18H18N4O. The van der Waals surface area contributed by atoms with Crippen LogP contribution in [-0.2, 0) is 6.54 Å². The van der Waals surface area contributed by atoms with Crippen molar-refractivity contribution in [3.63, 3.8) is 0 Å². The summed E-state index contributed by atoms with van der Waals surface area (Å²) >= 11 is 0. The maximum absolute atomic E-state index is 12.2. The maximum Gasteiger partial charge on any atom is 0.251 e. The summed E-state index contributed by atoms with van der Waals surface area (Å²) in [6.45, 7) is 0.651. The van der Waals surface area contributed by atoms with Gasteiger partial charge in [-0.1, -0.05) is 30.3 Å². The molecule has 2 heterocycles. The monoisotopic (exact) mass is 306 g/mol. The third kappa shape index (κ3) is 2.59. The lowest BCUT2D eigenvalue weighted by molar-refractivity contribution is 0.0964. The van der Waals surface area contributed by atoms with E-state index < -0.39 is 0 Å². The van der Waals surface area contributed by atoms with E-state index in [0.717, 1.165) is 35.1 Å². The number of nitrogens with one attached hydrogen (secondary N) is 1. The second-order valence-corrected chi connectivity index (χ2v) is 5.97. The summed E-state index contributed by atoms with van der Waals surface area (Å²) in [4.78, 5) is 17.0. The third-order valence-corrected chi connectivity index (χ3v) is 4.27.